The van der Waals surface area contributed by atoms with Crippen molar-refractivity contribution in [3.05, 3.63) is 88.7 Å². The molecule has 9 N–H and O–H groups in total. The van der Waals surface area contributed by atoms with E-state index >= 15 is 0 Å². The van der Waals surface area contributed by atoms with Crippen LogP contribution in [0.15, 0.2) is 0 Å². The zero-order valence-electron chi connectivity index (χ0n) is 31.2. The lowest BCUT2D eigenvalue weighted by molar-refractivity contribution is -0.138. The summed E-state index contributed by atoms with van der Waals surface area (Å²) in [4.78, 5) is 65.0. The van der Waals surface area contributed by atoms with Gasteiger partial charge >= 0.3 is 11.9 Å². The molecule has 276 valence electrons. The van der Waals surface area contributed by atoms with Crippen molar-refractivity contribution in [1.29, 1.82) is 0 Å². The number of carboxylic acids is 2. The third-order valence-electron chi connectivity index (χ3n) is 10.4. The molecule has 1 aliphatic heterocycles. The van der Waals surface area contributed by atoms with Gasteiger partial charge in [0.2, 0.25) is 5.91 Å². The van der Waals surface area contributed by atoms with Crippen LogP contribution >= 0.6 is 0 Å². The molecule has 12 heteroatoms. The van der Waals surface area contributed by atoms with Crippen LogP contribution in [-0.2, 0) is 44.9 Å². The summed E-state index contributed by atoms with van der Waals surface area (Å²) in [7, 11) is 0. The third kappa shape index (κ3) is 7.20. The van der Waals surface area contributed by atoms with Gasteiger partial charge in [0.15, 0.2) is 5.78 Å². The maximum atomic E-state index is 14.6. The van der Waals surface area contributed by atoms with Crippen molar-refractivity contribution in [2.45, 2.75) is 106 Å². The molecular weight excluding hydrogens is 660 g/mol. The molecule has 1 amide bonds. The fourth-order valence-electron chi connectivity index (χ4n) is 7.37. The predicted octanol–water partition coefficient (Wildman–Crippen LogP) is 1.81. The van der Waals surface area contributed by atoms with Crippen LogP contribution < -0.4 is 32.4 Å². The second-order valence-electron chi connectivity index (χ2n) is 13.8. The molecule has 0 fully saturated rings. The number of rotatable bonds is 12. The number of ketones is 1. The Hall–Kier alpha value is -5.36. The molecule has 12 nitrogen and oxygen atoms in total. The molecule has 8 bridgehead atoms. The Morgan fingerprint density at radius 1 is 0.673 bits per heavy atom. The van der Waals surface area contributed by atoms with Gasteiger partial charge in [0.05, 0.1) is 28.7 Å². The minimum absolute atomic E-state index is 0.0638. The fraction of sp³-hybridized carbons (Fsp3) is 0.400. The Bertz CT molecular complexity index is 2350. The molecule has 0 aliphatic carbocycles. The topological polar surface area (TPSA) is 210 Å². The highest BCUT2D eigenvalue weighted by atomic mass is 16.4. The highest BCUT2D eigenvalue weighted by Crippen LogP contribution is 2.27. The van der Waals surface area contributed by atoms with E-state index in [1.165, 1.54) is 0 Å². The van der Waals surface area contributed by atoms with E-state index in [2.05, 4.69) is 32.2 Å². The number of nitrogens with one attached hydrogen (secondary N) is 5. The summed E-state index contributed by atoms with van der Waals surface area (Å²) >= 11 is 0. The number of aromatic amines is 4. The number of carbonyl (C=O) groups is 4. The number of carbonyl (C=O) groups excluding carboxylic acids is 2. The number of H-pyrrole nitrogens is 4. The summed E-state index contributed by atoms with van der Waals surface area (Å²) in [5, 5.41) is 25.0. The van der Waals surface area contributed by atoms with Gasteiger partial charge in [0.25, 0.3) is 0 Å². The number of aliphatic carboxylic acids is 2. The van der Waals surface area contributed by atoms with Crippen LogP contribution in [0.4, 0.5) is 0 Å². The van der Waals surface area contributed by atoms with Crippen LogP contribution in [0, 0.1) is 27.7 Å². The standard InChI is InChI=1S/C40H50N6O6/c1-9-24-21(6)37-36(39(51)23(8)42-40(52)22(7)41)38-25(10-2)18(3)30(45-38)15-28-19(4)26(11-13-34(47)48)32(43-28)17-33-27(12-14-35(49)50)20(5)29(44-33)16-31(24)46-37/h15-17,22-23,43-46H,9-14,41H2,1-8H3,(H,42,52)(H,47,48)(H,49,50)/t22-,23-/m0/s1. The molecule has 0 radical (unpaired) electrons. The number of hydrogen-bond acceptors (Lipinski definition) is 5. The summed E-state index contributed by atoms with van der Waals surface area (Å²) in [6.07, 6.45) is 7.67. The first-order chi connectivity index (χ1) is 24.6. The Morgan fingerprint density at radius 2 is 1.21 bits per heavy atom. The quantitative estimate of drug-likeness (QED) is 0.109. The zero-order chi connectivity index (χ0) is 38.2. The van der Waals surface area contributed by atoms with Gasteiger partial charge in [-0.3, -0.25) is 19.2 Å². The SMILES string of the molecule is CCc1c2[nH]c(c1C)C(C(=O)[C@H](C)NC(=O)[C@H](C)N)=c1[nH]c(c(C)c1CC)=Cc1[nH]c(c(CCC(=O)O)c1C)C=c1[nH]c(c(C)c1CCC(=O)O)=C2. The molecule has 1 aliphatic rings. The lowest BCUT2D eigenvalue weighted by atomic mass is 9.95. The van der Waals surface area contributed by atoms with Gasteiger partial charge in [-0.1, -0.05) is 13.8 Å². The molecule has 5 rings (SSSR count). The van der Waals surface area contributed by atoms with Gasteiger partial charge in [-0.15, -0.1) is 0 Å². The van der Waals surface area contributed by atoms with Crippen molar-refractivity contribution in [2.75, 3.05) is 0 Å². The molecule has 5 heterocycles. The second kappa shape index (κ2) is 15.1. The Kier molecular flexibility index (Phi) is 11.0. The average molecular weight is 711 g/mol. The van der Waals surface area contributed by atoms with Crippen molar-refractivity contribution >= 4 is 47.4 Å². The van der Waals surface area contributed by atoms with Crippen molar-refractivity contribution in [3.8, 4) is 0 Å². The smallest absolute Gasteiger partial charge is 0.303 e. The summed E-state index contributed by atoms with van der Waals surface area (Å²) in [6.45, 7) is 15.2. The largest absolute Gasteiger partial charge is 0.481 e. The number of nitrogens with two attached hydrogens (primary N) is 1. The summed E-state index contributed by atoms with van der Waals surface area (Å²) in [6, 6.07) is -1.68. The maximum Gasteiger partial charge on any atom is 0.303 e. The molecule has 0 spiro atoms. The summed E-state index contributed by atoms with van der Waals surface area (Å²) < 4.78 is 0. The summed E-state index contributed by atoms with van der Waals surface area (Å²) in [5.74, 6) is -2.53. The number of amides is 1. The minimum Gasteiger partial charge on any atom is -0.481 e. The number of carboxylic acid groups (broad SMARTS) is 2. The van der Waals surface area contributed by atoms with E-state index in [4.69, 9.17) is 5.73 Å². The van der Waals surface area contributed by atoms with Crippen LogP contribution in [0.25, 0.3) is 23.8 Å². The van der Waals surface area contributed by atoms with Crippen molar-refractivity contribution in [3.63, 3.8) is 0 Å². The number of aromatic nitrogens is 4. The van der Waals surface area contributed by atoms with E-state index in [9.17, 15) is 29.4 Å². The molecule has 4 aromatic heterocycles. The lowest BCUT2D eigenvalue weighted by Crippen LogP contribution is -2.46. The highest BCUT2D eigenvalue weighted by Gasteiger charge is 2.28. The summed E-state index contributed by atoms with van der Waals surface area (Å²) in [5.41, 5.74) is 16.5. The third-order valence-corrected chi connectivity index (χ3v) is 10.4. The normalized spacial score (nSPS) is 13.5. The van der Waals surface area contributed by atoms with Crippen LogP contribution in [0.2, 0.25) is 0 Å². The maximum absolute atomic E-state index is 14.6. The molecule has 4 aromatic rings. The van der Waals surface area contributed by atoms with Crippen molar-refractivity contribution in [2.24, 2.45) is 5.73 Å². The van der Waals surface area contributed by atoms with Crippen molar-refractivity contribution < 1.29 is 29.4 Å². The number of hydrogen-bond donors (Lipinski definition) is 8. The van der Waals surface area contributed by atoms with Crippen LogP contribution in [-0.4, -0.2) is 65.9 Å². The molecular formula is C40H50N6O6. The first-order valence-electron chi connectivity index (χ1n) is 17.9. The van der Waals surface area contributed by atoms with Crippen molar-refractivity contribution in [1.82, 2.24) is 25.3 Å². The molecule has 52 heavy (non-hydrogen) atoms. The van der Waals surface area contributed by atoms with Gasteiger partial charge in [-0.2, -0.15) is 0 Å². The first kappa shape index (κ1) is 37.9. The Labute approximate surface area is 302 Å². The van der Waals surface area contributed by atoms with E-state index < -0.39 is 29.9 Å². The van der Waals surface area contributed by atoms with E-state index in [1.54, 1.807) is 13.8 Å². The molecule has 0 saturated heterocycles. The van der Waals surface area contributed by atoms with E-state index in [0.29, 0.717) is 29.5 Å². The first-order valence-corrected chi connectivity index (χ1v) is 17.9. The molecule has 2 atom stereocenters. The number of fused-ring (bicyclic) bond motifs is 8. The highest BCUT2D eigenvalue weighted by molar-refractivity contribution is 6.23. The van der Waals surface area contributed by atoms with Crippen LogP contribution in [0.1, 0.15) is 108 Å². The van der Waals surface area contributed by atoms with E-state index in [1.807, 2.05) is 52.8 Å². The van der Waals surface area contributed by atoms with Crippen LogP contribution in [0.5, 0.6) is 0 Å². The second-order valence-corrected chi connectivity index (χ2v) is 13.8. The average Bonchev–Trinajstić information content (AvgIpc) is 3.75. The van der Waals surface area contributed by atoms with E-state index in [-0.39, 0.29) is 31.5 Å². The molecule has 0 unspecified atom stereocenters. The van der Waals surface area contributed by atoms with Gasteiger partial charge in [0, 0.05) is 46.0 Å². The fourth-order valence-corrected chi connectivity index (χ4v) is 7.37. The van der Waals surface area contributed by atoms with Gasteiger partial charge in [-0.05, 0) is 130 Å². The van der Waals surface area contributed by atoms with Gasteiger partial charge < -0.3 is 41.2 Å². The van der Waals surface area contributed by atoms with Gasteiger partial charge in [-0.25, -0.2) is 0 Å². The predicted molar refractivity (Wildman–Crippen MR) is 201 cm³/mol. The molecule has 0 aromatic carbocycles. The Balaban J connectivity index is 1.96. The van der Waals surface area contributed by atoms with Gasteiger partial charge in [0.1, 0.15) is 0 Å². The Morgan fingerprint density at radius 3 is 1.81 bits per heavy atom. The van der Waals surface area contributed by atoms with Crippen LogP contribution in [0.3, 0.4) is 0 Å². The minimum atomic E-state index is -0.908. The zero-order valence-corrected chi connectivity index (χ0v) is 31.2. The lowest BCUT2D eigenvalue weighted by Gasteiger charge is -2.17. The monoisotopic (exact) mass is 710 g/mol. The van der Waals surface area contributed by atoms with E-state index in [0.717, 1.165) is 77.6 Å². The number of Topliss-reactive ketones (excluding diaryl/α,β-unsaturated/α-hetero) is 1. The molecule has 0 saturated carbocycles.